The van der Waals surface area contributed by atoms with Gasteiger partial charge in [0.25, 0.3) is 0 Å². The van der Waals surface area contributed by atoms with Crippen molar-refractivity contribution in [1.29, 1.82) is 0 Å². The van der Waals surface area contributed by atoms with E-state index < -0.39 is 58.1 Å². The molecule has 0 spiro atoms. The van der Waals surface area contributed by atoms with Gasteiger partial charge in [-0.25, -0.2) is 8.78 Å². The Morgan fingerprint density at radius 2 is 1.29 bits per heavy atom. The van der Waals surface area contributed by atoms with Crippen molar-refractivity contribution in [1.82, 2.24) is 0 Å². The molecule has 4 rings (SSSR count). The number of benzene rings is 3. The Kier molecular flexibility index (Phi) is 6.27. The minimum absolute atomic E-state index is 0.0480. The van der Waals surface area contributed by atoms with Crippen molar-refractivity contribution in [2.45, 2.75) is 45.1 Å². The fourth-order valence-electron chi connectivity index (χ4n) is 4.13. The second kappa shape index (κ2) is 8.89. The predicted octanol–water partition coefficient (Wildman–Crippen LogP) is 7.76. The first-order chi connectivity index (χ1) is 16.1. The van der Waals surface area contributed by atoms with Gasteiger partial charge in [-0.2, -0.15) is 17.6 Å². The molecule has 0 aromatic heterocycles. The van der Waals surface area contributed by atoms with Crippen LogP contribution in [0.2, 0.25) is 0 Å². The SMILES string of the molecule is CCCc1ccc(OCc2ccc3c(c2F)C(F)(F)C(F)(F)c2c-3ccc(OCC)c2F)cc1. The maximum absolute atomic E-state index is 15.2. The largest absolute Gasteiger partial charge is 0.491 e. The maximum Gasteiger partial charge on any atom is 0.343 e. The summed E-state index contributed by atoms with van der Waals surface area (Å²) in [5.41, 5.74) is -3.24. The summed E-state index contributed by atoms with van der Waals surface area (Å²) >= 11 is 0. The monoisotopic (exact) mass is 480 g/mol. The highest BCUT2D eigenvalue weighted by Gasteiger charge is 2.65. The zero-order valence-corrected chi connectivity index (χ0v) is 18.5. The molecule has 0 aliphatic heterocycles. The molecule has 2 nitrogen and oxygen atoms in total. The number of alkyl halides is 4. The Balaban J connectivity index is 1.74. The predicted molar refractivity (Wildman–Crippen MR) is 116 cm³/mol. The lowest BCUT2D eigenvalue weighted by Gasteiger charge is -2.35. The Morgan fingerprint density at radius 1 is 0.706 bits per heavy atom. The van der Waals surface area contributed by atoms with E-state index >= 15 is 13.2 Å². The van der Waals surface area contributed by atoms with Crippen molar-refractivity contribution >= 4 is 0 Å². The summed E-state index contributed by atoms with van der Waals surface area (Å²) in [5.74, 6) is -13.3. The topological polar surface area (TPSA) is 18.5 Å². The van der Waals surface area contributed by atoms with E-state index in [1.54, 1.807) is 12.1 Å². The third-order valence-corrected chi connectivity index (χ3v) is 5.80. The van der Waals surface area contributed by atoms with E-state index in [0.717, 1.165) is 36.6 Å². The number of halogens is 6. The van der Waals surface area contributed by atoms with Crippen LogP contribution < -0.4 is 9.47 Å². The van der Waals surface area contributed by atoms with Gasteiger partial charge in [-0.15, -0.1) is 0 Å². The molecule has 0 amide bonds. The standard InChI is InChI=1S/C26H22F6O2/c1-3-5-15-6-9-17(10-7-15)34-14-16-8-11-18-19-12-13-20(33-4-2)24(28)22(19)26(31,32)25(29,30)21(18)23(16)27/h6-13H,3-5,14H2,1-2H3. The lowest BCUT2D eigenvalue weighted by atomic mass is 9.79. The summed E-state index contributed by atoms with van der Waals surface area (Å²) in [6, 6.07) is 11.4. The molecular formula is C26H22F6O2. The van der Waals surface area contributed by atoms with Crippen LogP contribution in [0.15, 0.2) is 48.5 Å². The summed E-state index contributed by atoms with van der Waals surface area (Å²) in [5, 5.41) is 0. The summed E-state index contributed by atoms with van der Waals surface area (Å²) in [4.78, 5) is 0. The van der Waals surface area contributed by atoms with Crippen LogP contribution in [0.5, 0.6) is 11.5 Å². The molecule has 3 aromatic rings. The van der Waals surface area contributed by atoms with Gasteiger partial charge in [0.1, 0.15) is 18.2 Å². The van der Waals surface area contributed by atoms with Crippen molar-refractivity contribution < 1.29 is 35.8 Å². The summed E-state index contributed by atoms with van der Waals surface area (Å²) in [6.07, 6.45) is 1.83. The Hall–Kier alpha value is -3.16. The molecule has 0 unspecified atom stereocenters. The van der Waals surface area contributed by atoms with E-state index in [1.807, 2.05) is 19.1 Å². The average molecular weight is 480 g/mol. The van der Waals surface area contributed by atoms with Crippen LogP contribution >= 0.6 is 0 Å². The Labute approximate surface area is 193 Å². The molecule has 180 valence electrons. The number of rotatable bonds is 7. The van der Waals surface area contributed by atoms with Gasteiger partial charge in [-0.1, -0.05) is 37.6 Å². The third kappa shape index (κ3) is 3.79. The first kappa shape index (κ1) is 24.0. The molecule has 0 radical (unpaired) electrons. The van der Waals surface area contributed by atoms with Crippen LogP contribution in [-0.4, -0.2) is 6.61 Å². The first-order valence-electron chi connectivity index (χ1n) is 10.9. The normalized spacial score (nSPS) is 15.4. The van der Waals surface area contributed by atoms with Crippen molar-refractivity contribution in [3.8, 4) is 22.6 Å². The zero-order chi connectivity index (χ0) is 24.7. The highest BCUT2D eigenvalue weighted by molar-refractivity contribution is 5.77. The van der Waals surface area contributed by atoms with Gasteiger partial charge < -0.3 is 9.47 Å². The number of hydrogen-bond acceptors (Lipinski definition) is 2. The number of hydrogen-bond donors (Lipinski definition) is 0. The molecule has 0 bridgehead atoms. The van der Waals surface area contributed by atoms with Crippen LogP contribution in [0.25, 0.3) is 11.1 Å². The highest BCUT2D eigenvalue weighted by Crippen LogP contribution is 2.60. The van der Waals surface area contributed by atoms with Crippen LogP contribution in [0.3, 0.4) is 0 Å². The van der Waals surface area contributed by atoms with E-state index in [0.29, 0.717) is 5.75 Å². The highest BCUT2D eigenvalue weighted by atomic mass is 19.3. The quantitative estimate of drug-likeness (QED) is 0.322. The zero-order valence-electron chi connectivity index (χ0n) is 18.5. The fourth-order valence-corrected chi connectivity index (χ4v) is 4.13. The molecule has 1 aliphatic rings. The van der Waals surface area contributed by atoms with Gasteiger partial charge in [0.15, 0.2) is 11.6 Å². The molecule has 0 fully saturated rings. The Morgan fingerprint density at radius 3 is 1.88 bits per heavy atom. The molecule has 8 heteroatoms. The van der Waals surface area contributed by atoms with Crippen LogP contribution in [0.1, 0.15) is 42.5 Å². The average Bonchev–Trinajstić information content (AvgIpc) is 2.79. The van der Waals surface area contributed by atoms with E-state index in [9.17, 15) is 13.2 Å². The molecule has 0 saturated carbocycles. The van der Waals surface area contributed by atoms with Gasteiger partial charge >= 0.3 is 11.8 Å². The van der Waals surface area contributed by atoms with Crippen molar-refractivity contribution in [2.75, 3.05) is 6.61 Å². The number of aryl methyl sites for hydroxylation is 1. The number of ether oxygens (including phenoxy) is 2. The molecule has 3 aromatic carbocycles. The van der Waals surface area contributed by atoms with Gasteiger partial charge in [-0.05, 0) is 54.3 Å². The molecular weight excluding hydrogens is 458 g/mol. The Bertz CT molecular complexity index is 1200. The molecule has 34 heavy (non-hydrogen) atoms. The summed E-state index contributed by atoms with van der Waals surface area (Å²) in [6.45, 7) is 3.04. The lowest BCUT2D eigenvalue weighted by Crippen LogP contribution is -2.41. The van der Waals surface area contributed by atoms with Gasteiger partial charge in [0.2, 0.25) is 0 Å². The van der Waals surface area contributed by atoms with E-state index in [-0.39, 0.29) is 12.2 Å². The molecule has 0 heterocycles. The molecule has 0 saturated heterocycles. The third-order valence-electron chi connectivity index (χ3n) is 5.80. The first-order valence-corrected chi connectivity index (χ1v) is 10.9. The van der Waals surface area contributed by atoms with Crippen molar-refractivity contribution in [3.63, 3.8) is 0 Å². The second-order valence-electron chi connectivity index (χ2n) is 8.03. The van der Waals surface area contributed by atoms with E-state index in [2.05, 4.69) is 0 Å². The number of fused-ring (bicyclic) bond motifs is 3. The van der Waals surface area contributed by atoms with Crippen molar-refractivity contribution in [3.05, 3.63) is 82.4 Å². The van der Waals surface area contributed by atoms with E-state index in [1.165, 1.54) is 13.0 Å². The van der Waals surface area contributed by atoms with Crippen LogP contribution in [-0.2, 0) is 24.9 Å². The smallest absolute Gasteiger partial charge is 0.343 e. The summed E-state index contributed by atoms with van der Waals surface area (Å²) in [7, 11) is 0. The fraction of sp³-hybridized carbons (Fsp3) is 0.308. The molecule has 0 N–H and O–H groups in total. The van der Waals surface area contributed by atoms with Crippen LogP contribution in [0.4, 0.5) is 26.3 Å². The summed E-state index contributed by atoms with van der Waals surface area (Å²) < 4.78 is 100. The maximum atomic E-state index is 15.2. The van der Waals surface area contributed by atoms with Crippen LogP contribution in [0, 0.1) is 11.6 Å². The minimum Gasteiger partial charge on any atom is -0.491 e. The molecule has 1 aliphatic carbocycles. The van der Waals surface area contributed by atoms with Gasteiger partial charge in [-0.3, -0.25) is 0 Å². The van der Waals surface area contributed by atoms with Crippen molar-refractivity contribution in [2.24, 2.45) is 0 Å². The van der Waals surface area contributed by atoms with Gasteiger partial charge in [0.05, 0.1) is 17.7 Å². The van der Waals surface area contributed by atoms with E-state index in [4.69, 9.17) is 9.47 Å². The molecule has 0 atom stereocenters. The second-order valence-corrected chi connectivity index (χ2v) is 8.03. The van der Waals surface area contributed by atoms with Gasteiger partial charge in [0, 0.05) is 5.56 Å². The lowest BCUT2D eigenvalue weighted by molar-refractivity contribution is -0.228. The minimum atomic E-state index is -5.00.